The summed E-state index contributed by atoms with van der Waals surface area (Å²) in [6.45, 7) is 9.33. The Labute approximate surface area is 119 Å². The van der Waals surface area contributed by atoms with Crippen LogP contribution in [0.15, 0.2) is 47.0 Å². The summed E-state index contributed by atoms with van der Waals surface area (Å²) in [6, 6.07) is 4.95. The zero-order valence-electron chi connectivity index (χ0n) is 12.4. The molecule has 0 unspecified atom stereocenters. The molecule has 0 fully saturated rings. The molecule has 0 aliphatic heterocycles. The highest BCUT2D eigenvalue weighted by molar-refractivity contribution is 6.38. The smallest absolute Gasteiger partial charge is 0.133 e. The summed E-state index contributed by atoms with van der Waals surface area (Å²) < 4.78 is 14.2. The molecule has 0 saturated carbocycles. The average molecular weight is 273 g/mol. The Bertz CT molecular complexity index is 583. The fraction of sp³-hybridized carbons (Fsp3) is 0.250. The van der Waals surface area contributed by atoms with Crippen molar-refractivity contribution in [1.29, 1.82) is 0 Å². The molecule has 20 heavy (non-hydrogen) atoms. The molecule has 0 amide bonds. The number of hydrogen-bond donors (Lipinski definition) is 0. The molecule has 0 heterocycles. The van der Waals surface area contributed by atoms with Gasteiger partial charge in [0.2, 0.25) is 0 Å². The summed E-state index contributed by atoms with van der Waals surface area (Å²) in [5.74, 6) is -0.328. The van der Waals surface area contributed by atoms with E-state index in [1.807, 2.05) is 14.1 Å². The maximum absolute atomic E-state index is 14.2. The summed E-state index contributed by atoms with van der Waals surface area (Å²) in [5, 5.41) is 0. The maximum atomic E-state index is 14.2. The van der Waals surface area contributed by atoms with Gasteiger partial charge in [-0.1, -0.05) is 19.2 Å². The molecule has 0 aliphatic rings. The van der Waals surface area contributed by atoms with Gasteiger partial charge < -0.3 is 4.90 Å². The molecular weight excluding hydrogens is 253 g/mol. The van der Waals surface area contributed by atoms with Gasteiger partial charge in [0.25, 0.3) is 0 Å². The molecule has 106 valence electrons. The summed E-state index contributed by atoms with van der Waals surface area (Å²) in [4.78, 5) is 9.97. The minimum absolute atomic E-state index is 0.328. The van der Waals surface area contributed by atoms with Crippen molar-refractivity contribution in [3.05, 3.63) is 54.0 Å². The van der Waals surface area contributed by atoms with Crippen LogP contribution in [0.1, 0.15) is 18.1 Å². The number of allylic oxidation sites excluding steroid dienone is 1. The Hall–Kier alpha value is -2.23. The van der Waals surface area contributed by atoms with E-state index < -0.39 is 0 Å². The predicted molar refractivity (Wildman–Crippen MR) is 84.9 cm³/mol. The third-order valence-corrected chi connectivity index (χ3v) is 2.76. The first-order chi connectivity index (χ1) is 9.36. The van der Waals surface area contributed by atoms with Crippen LogP contribution in [0.2, 0.25) is 0 Å². The van der Waals surface area contributed by atoms with Gasteiger partial charge in [-0.15, -0.1) is 0 Å². The highest BCUT2D eigenvalue weighted by atomic mass is 19.1. The number of aliphatic imine (C=N–C) groups is 2. The zero-order valence-corrected chi connectivity index (χ0v) is 12.4. The number of hydrogen-bond acceptors (Lipinski definition) is 3. The molecule has 1 aromatic carbocycles. The van der Waals surface area contributed by atoms with Crippen LogP contribution in [0.4, 0.5) is 4.39 Å². The van der Waals surface area contributed by atoms with Crippen LogP contribution in [0.3, 0.4) is 0 Å². The van der Waals surface area contributed by atoms with Gasteiger partial charge in [0, 0.05) is 43.7 Å². The number of rotatable bonds is 5. The van der Waals surface area contributed by atoms with Crippen LogP contribution in [-0.4, -0.2) is 38.0 Å². The van der Waals surface area contributed by atoms with E-state index in [1.165, 1.54) is 6.07 Å². The Kier molecular flexibility index (Phi) is 5.38. The molecule has 0 bridgehead atoms. The third-order valence-electron chi connectivity index (χ3n) is 2.76. The number of benzene rings is 1. The normalized spacial score (nSPS) is 11.8. The Morgan fingerprint density at radius 3 is 2.40 bits per heavy atom. The van der Waals surface area contributed by atoms with Crippen LogP contribution in [-0.2, 0) is 0 Å². The van der Waals surface area contributed by atoms with E-state index in [0.29, 0.717) is 28.2 Å². The topological polar surface area (TPSA) is 28.0 Å². The molecule has 3 nitrogen and oxygen atoms in total. The lowest BCUT2D eigenvalue weighted by atomic mass is 10.1. The molecular formula is C16H20FN3. The van der Waals surface area contributed by atoms with Crippen LogP contribution in [0.5, 0.6) is 0 Å². The summed E-state index contributed by atoms with van der Waals surface area (Å²) >= 11 is 0. The average Bonchev–Trinajstić information content (AvgIpc) is 2.38. The lowest BCUT2D eigenvalue weighted by Crippen LogP contribution is -2.11. The molecule has 0 N–H and O–H groups in total. The van der Waals surface area contributed by atoms with Crippen LogP contribution < -0.4 is 0 Å². The Morgan fingerprint density at radius 2 is 1.95 bits per heavy atom. The van der Waals surface area contributed by atoms with Crippen molar-refractivity contribution in [2.24, 2.45) is 9.98 Å². The fourth-order valence-corrected chi connectivity index (χ4v) is 1.58. The minimum Gasteiger partial charge on any atom is -0.378 e. The molecule has 4 heteroatoms. The maximum Gasteiger partial charge on any atom is 0.133 e. The Balaban J connectivity index is 3.14. The van der Waals surface area contributed by atoms with Crippen LogP contribution >= 0.6 is 0 Å². The fourth-order valence-electron chi connectivity index (χ4n) is 1.58. The zero-order chi connectivity index (χ0) is 15.3. The molecule has 1 rings (SSSR count). The van der Waals surface area contributed by atoms with Crippen molar-refractivity contribution in [3.63, 3.8) is 0 Å². The minimum atomic E-state index is -0.328. The molecule has 0 aromatic heterocycles. The first kappa shape index (κ1) is 15.8. The first-order valence-corrected chi connectivity index (χ1v) is 6.19. The van der Waals surface area contributed by atoms with Crippen LogP contribution in [0, 0.1) is 5.82 Å². The van der Waals surface area contributed by atoms with E-state index in [0.717, 1.165) is 0 Å². The molecule has 0 saturated heterocycles. The molecule has 1 aromatic rings. The summed E-state index contributed by atoms with van der Waals surface area (Å²) in [5.41, 5.74) is 3.05. The third kappa shape index (κ3) is 3.88. The van der Waals surface area contributed by atoms with Crippen LogP contribution in [0.25, 0.3) is 5.70 Å². The van der Waals surface area contributed by atoms with Gasteiger partial charge >= 0.3 is 0 Å². The lowest BCUT2D eigenvalue weighted by molar-refractivity contribution is 0.573. The van der Waals surface area contributed by atoms with Crippen molar-refractivity contribution in [1.82, 2.24) is 4.90 Å². The Morgan fingerprint density at radius 1 is 1.30 bits per heavy atom. The predicted octanol–water partition coefficient (Wildman–Crippen LogP) is 3.38. The van der Waals surface area contributed by atoms with Crippen molar-refractivity contribution < 1.29 is 4.39 Å². The van der Waals surface area contributed by atoms with Gasteiger partial charge in [-0.25, -0.2) is 4.39 Å². The van der Waals surface area contributed by atoms with E-state index in [4.69, 9.17) is 0 Å². The second kappa shape index (κ2) is 6.80. The van der Waals surface area contributed by atoms with Crippen molar-refractivity contribution in [2.75, 3.05) is 21.1 Å². The molecule has 0 spiro atoms. The standard InChI is InChI=1S/C16H20FN3/c1-11(2)19-10-16(18-4)13-7-8-14(15(17)9-13)12(3)20(5)6/h7-10H,1,3H2,2,4-6H3/b18-16+,19-10-. The van der Waals surface area contributed by atoms with Crippen molar-refractivity contribution in [2.45, 2.75) is 6.92 Å². The SMILES string of the molecule is C=C(C)/N=C\C(=N/C)c1ccc(C(=C)N(C)C)c(F)c1. The number of halogens is 1. The van der Waals surface area contributed by atoms with Gasteiger partial charge in [-0.2, -0.15) is 0 Å². The highest BCUT2D eigenvalue weighted by Gasteiger charge is 2.10. The van der Waals surface area contributed by atoms with Crippen molar-refractivity contribution >= 4 is 17.6 Å². The quantitative estimate of drug-likeness (QED) is 0.756. The van der Waals surface area contributed by atoms with E-state index in [-0.39, 0.29) is 5.82 Å². The van der Waals surface area contributed by atoms with Gasteiger partial charge in [-0.3, -0.25) is 9.98 Å². The second-order valence-corrected chi connectivity index (χ2v) is 4.64. The molecule has 0 aliphatic carbocycles. The monoisotopic (exact) mass is 273 g/mol. The van der Waals surface area contributed by atoms with Gasteiger partial charge in [0.15, 0.2) is 0 Å². The summed E-state index contributed by atoms with van der Waals surface area (Å²) in [7, 11) is 5.30. The van der Waals surface area contributed by atoms with Gasteiger partial charge in [0.1, 0.15) is 5.82 Å². The van der Waals surface area contributed by atoms with Gasteiger partial charge in [0.05, 0.1) is 11.9 Å². The highest BCUT2D eigenvalue weighted by Crippen LogP contribution is 2.19. The first-order valence-electron chi connectivity index (χ1n) is 6.19. The van der Waals surface area contributed by atoms with Gasteiger partial charge in [-0.05, 0) is 19.1 Å². The van der Waals surface area contributed by atoms with Crippen molar-refractivity contribution in [3.8, 4) is 0 Å². The summed E-state index contributed by atoms with van der Waals surface area (Å²) in [6.07, 6.45) is 1.58. The molecule has 0 atom stereocenters. The van der Waals surface area contributed by atoms with E-state index in [2.05, 4.69) is 23.1 Å². The van der Waals surface area contributed by atoms with E-state index in [1.54, 1.807) is 37.2 Å². The second-order valence-electron chi connectivity index (χ2n) is 4.64. The lowest BCUT2D eigenvalue weighted by Gasteiger charge is -2.16. The van der Waals surface area contributed by atoms with E-state index >= 15 is 0 Å². The molecule has 0 radical (unpaired) electrons. The van der Waals surface area contributed by atoms with E-state index in [9.17, 15) is 4.39 Å². The number of nitrogens with zero attached hydrogens (tertiary/aromatic N) is 3. The largest absolute Gasteiger partial charge is 0.378 e.